The highest BCUT2D eigenvalue weighted by atomic mass is 16.5. The Bertz CT molecular complexity index is 278. The van der Waals surface area contributed by atoms with Gasteiger partial charge in [-0.05, 0) is 37.0 Å². The topological polar surface area (TPSA) is 52.3 Å². The van der Waals surface area contributed by atoms with Crippen LogP contribution in [0, 0.1) is 17.8 Å². The zero-order chi connectivity index (χ0) is 14.4. The molecule has 3 heteroatoms. The van der Waals surface area contributed by atoms with Crippen molar-refractivity contribution >= 4 is 5.97 Å². The first kappa shape index (κ1) is 16.5. The fourth-order valence-corrected chi connectivity index (χ4v) is 3.03. The molecule has 1 aliphatic rings. The molecule has 0 heterocycles. The lowest BCUT2D eigenvalue weighted by Crippen LogP contribution is -2.41. The maximum Gasteiger partial charge on any atom is 0.323 e. The SMILES string of the molecule is CCCCC(N)C(=O)OC1CC(C)CCC1C(C)C. The highest BCUT2D eigenvalue weighted by Gasteiger charge is 2.34. The van der Waals surface area contributed by atoms with Crippen LogP contribution in [-0.2, 0) is 9.53 Å². The summed E-state index contributed by atoms with van der Waals surface area (Å²) < 4.78 is 5.73. The number of carbonyl (C=O) groups is 1. The minimum absolute atomic E-state index is 0.0731. The predicted molar refractivity (Wildman–Crippen MR) is 78.7 cm³/mol. The highest BCUT2D eigenvalue weighted by molar-refractivity contribution is 5.75. The smallest absolute Gasteiger partial charge is 0.323 e. The van der Waals surface area contributed by atoms with Gasteiger partial charge in [-0.15, -0.1) is 0 Å². The minimum Gasteiger partial charge on any atom is -0.461 e. The van der Waals surface area contributed by atoms with Crippen LogP contribution in [-0.4, -0.2) is 18.1 Å². The number of carbonyl (C=O) groups excluding carboxylic acids is 1. The average molecular weight is 269 g/mol. The van der Waals surface area contributed by atoms with E-state index in [1.807, 2.05) is 0 Å². The quantitative estimate of drug-likeness (QED) is 0.751. The number of nitrogens with two attached hydrogens (primary N) is 1. The number of ether oxygens (including phenoxy) is 1. The number of rotatable bonds is 6. The lowest BCUT2D eigenvalue weighted by molar-refractivity contribution is -0.157. The van der Waals surface area contributed by atoms with Gasteiger partial charge < -0.3 is 10.5 Å². The number of unbranched alkanes of at least 4 members (excludes halogenated alkanes) is 1. The summed E-state index contributed by atoms with van der Waals surface area (Å²) in [7, 11) is 0. The molecule has 1 fully saturated rings. The van der Waals surface area contributed by atoms with Crippen molar-refractivity contribution in [3.05, 3.63) is 0 Å². The van der Waals surface area contributed by atoms with Gasteiger partial charge in [-0.1, -0.05) is 47.0 Å². The molecule has 4 unspecified atom stereocenters. The molecule has 0 saturated heterocycles. The van der Waals surface area contributed by atoms with Crippen LogP contribution in [0.2, 0.25) is 0 Å². The second-order valence-electron chi connectivity index (χ2n) is 6.55. The standard InChI is InChI=1S/C16H31NO2/c1-5-6-7-14(17)16(18)19-15-10-12(4)8-9-13(15)11(2)3/h11-15H,5-10,17H2,1-4H3. The first-order valence-electron chi connectivity index (χ1n) is 7.91. The van der Waals surface area contributed by atoms with Gasteiger partial charge in [-0.3, -0.25) is 4.79 Å². The average Bonchev–Trinajstić information content (AvgIpc) is 2.35. The highest BCUT2D eigenvalue weighted by Crippen LogP contribution is 2.35. The molecule has 3 nitrogen and oxygen atoms in total. The molecule has 2 N–H and O–H groups in total. The number of hydrogen-bond donors (Lipinski definition) is 1. The second-order valence-corrected chi connectivity index (χ2v) is 6.55. The predicted octanol–water partition coefficient (Wildman–Crippen LogP) is 3.51. The van der Waals surface area contributed by atoms with E-state index < -0.39 is 6.04 Å². The summed E-state index contributed by atoms with van der Waals surface area (Å²) in [5.74, 6) is 1.52. The van der Waals surface area contributed by atoms with Gasteiger partial charge in [-0.2, -0.15) is 0 Å². The lowest BCUT2D eigenvalue weighted by Gasteiger charge is -2.37. The van der Waals surface area contributed by atoms with Crippen molar-refractivity contribution in [2.45, 2.75) is 78.4 Å². The van der Waals surface area contributed by atoms with Gasteiger partial charge in [0.25, 0.3) is 0 Å². The molecule has 112 valence electrons. The van der Waals surface area contributed by atoms with E-state index in [2.05, 4.69) is 27.7 Å². The first-order valence-corrected chi connectivity index (χ1v) is 7.91. The molecule has 19 heavy (non-hydrogen) atoms. The van der Waals surface area contributed by atoms with Crippen molar-refractivity contribution in [1.82, 2.24) is 0 Å². The van der Waals surface area contributed by atoms with Crippen LogP contribution in [0.5, 0.6) is 0 Å². The largest absolute Gasteiger partial charge is 0.461 e. The van der Waals surface area contributed by atoms with Crippen molar-refractivity contribution < 1.29 is 9.53 Å². The summed E-state index contributed by atoms with van der Waals surface area (Å²) in [6, 6.07) is -0.440. The normalized spacial score (nSPS) is 29.3. The summed E-state index contributed by atoms with van der Waals surface area (Å²) in [6.07, 6.45) is 6.28. The van der Waals surface area contributed by atoms with Crippen molar-refractivity contribution in [2.75, 3.05) is 0 Å². The van der Waals surface area contributed by atoms with Crippen molar-refractivity contribution in [2.24, 2.45) is 23.5 Å². The second kappa shape index (κ2) is 7.88. The molecule has 0 aromatic carbocycles. The monoisotopic (exact) mass is 269 g/mol. The molecular formula is C16H31NO2. The molecule has 1 rings (SSSR count). The van der Waals surface area contributed by atoms with Crippen LogP contribution in [0.4, 0.5) is 0 Å². The molecule has 0 bridgehead atoms. The third-order valence-corrected chi connectivity index (χ3v) is 4.40. The Kier molecular flexibility index (Phi) is 6.84. The summed E-state index contributed by atoms with van der Waals surface area (Å²) in [5, 5.41) is 0. The number of hydrogen-bond acceptors (Lipinski definition) is 3. The third kappa shape index (κ3) is 5.13. The molecule has 4 atom stereocenters. The van der Waals surface area contributed by atoms with E-state index in [0.717, 1.165) is 25.7 Å². The van der Waals surface area contributed by atoms with E-state index >= 15 is 0 Å². The molecule has 0 spiro atoms. The number of esters is 1. The molecule has 0 radical (unpaired) electrons. The van der Waals surface area contributed by atoms with Gasteiger partial charge in [0, 0.05) is 0 Å². The Labute approximate surface area is 118 Å². The molecular weight excluding hydrogens is 238 g/mol. The van der Waals surface area contributed by atoms with E-state index in [9.17, 15) is 4.79 Å². The maximum absolute atomic E-state index is 12.0. The summed E-state index contributed by atoms with van der Waals surface area (Å²) in [4.78, 5) is 12.0. The van der Waals surface area contributed by atoms with Crippen LogP contribution in [0.3, 0.4) is 0 Å². The summed E-state index contributed by atoms with van der Waals surface area (Å²) >= 11 is 0. The van der Waals surface area contributed by atoms with Crippen LogP contribution >= 0.6 is 0 Å². The molecule has 0 aromatic rings. The van der Waals surface area contributed by atoms with Crippen LogP contribution in [0.15, 0.2) is 0 Å². The molecule has 1 saturated carbocycles. The first-order chi connectivity index (χ1) is 8.95. The fraction of sp³-hybridized carbons (Fsp3) is 0.938. The molecule has 0 aromatic heterocycles. The Morgan fingerprint density at radius 2 is 2.05 bits per heavy atom. The van der Waals surface area contributed by atoms with E-state index in [1.54, 1.807) is 0 Å². The maximum atomic E-state index is 12.0. The van der Waals surface area contributed by atoms with Gasteiger partial charge in [0.2, 0.25) is 0 Å². The van der Waals surface area contributed by atoms with Crippen molar-refractivity contribution in [1.29, 1.82) is 0 Å². The molecule has 0 aliphatic heterocycles. The van der Waals surface area contributed by atoms with E-state index in [1.165, 1.54) is 12.8 Å². The van der Waals surface area contributed by atoms with Gasteiger partial charge >= 0.3 is 5.97 Å². The van der Waals surface area contributed by atoms with Crippen LogP contribution in [0.1, 0.15) is 66.2 Å². The summed E-state index contributed by atoms with van der Waals surface area (Å²) in [5.41, 5.74) is 5.90. The minimum atomic E-state index is -0.440. The van der Waals surface area contributed by atoms with Gasteiger partial charge in [0.1, 0.15) is 12.1 Å². The fourth-order valence-electron chi connectivity index (χ4n) is 3.03. The van der Waals surface area contributed by atoms with Crippen molar-refractivity contribution in [3.8, 4) is 0 Å². The van der Waals surface area contributed by atoms with Gasteiger partial charge in [-0.25, -0.2) is 0 Å². The Balaban J connectivity index is 2.53. The lowest BCUT2D eigenvalue weighted by atomic mass is 9.75. The zero-order valence-electron chi connectivity index (χ0n) is 13.0. The zero-order valence-corrected chi connectivity index (χ0v) is 13.0. The Hall–Kier alpha value is -0.570. The van der Waals surface area contributed by atoms with E-state index in [4.69, 9.17) is 10.5 Å². The van der Waals surface area contributed by atoms with Gasteiger partial charge in [0.15, 0.2) is 0 Å². The summed E-state index contributed by atoms with van der Waals surface area (Å²) in [6.45, 7) is 8.79. The van der Waals surface area contributed by atoms with E-state index in [0.29, 0.717) is 17.8 Å². The van der Waals surface area contributed by atoms with Crippen LogP contribution in [0.25, 0.3) is 0 Å². The third-order valence-electron chi connectivity index (χ3n) is 4.40. The van der Waals surface area contributed by atoms with E-state index in [-0.39, 0.29) is 12.1 Å². The van der Waals surface area contributed by atoms with Crippen molar-refractivity contribution in [3.63, 3.8) is 0 Å². The Morgan fingerprint density at radius 3 is 2.63 bits per heavy atom. The molecule has 0 amide bonds. The van der Waals surface area contributed by atoms with Crippen LogP contribution < -0.4 is 5.73 Å². The Morgan fingerprint density at radius 1 is 1.37 bits per heavy atom. The van der Waals surface area contributed by atoms with Gasteiger partial charge in [0.05, 0.1) is 0 Å². The molecule has 1 aliphatic carbocycles.